The largest absolute Gasteiger partial charge is 0.494 e. The first-order valence-corrected chi connectivity index (χ1v) is 7.01. The Morgan fingerprint density at radius 1 is 1.33 bits per heavy atom. The maximum atomic E-state index is 12.1. The minimum absolute atomic E-state index is 0. The van der Waals surface area contributed by atoms with E-state index < -0.39 is 0 Å². The third kappa shape index (κ3) is 3.97. The molecule has 0 unspecified atom stereocenters. The minimum atomic E-state index is -0.184. The van der Waals surface area contributed by atoms with Gasteiger partial charge in [-0.3, -0.25) is 4.79 Å². The molecule has 0 fully saturated rings. The summed E-state index contributed by atoms with van der Waals surface area (Å²) in [5, 5.41) is 0.194. The van der Waals surface area contributed by atoms with Crippen LogP contribution in [0.3, 0.4) is 0 Å². The topological polar surface area (TPSA) is 31.2 Å². The standard InChI is InChI=1S/C16H17ClNO2.Y/c1-4-18-15(9-8-14(17)16(18)19)13-7-6-12(20-5-2)10-11(13)3;/h6-8,10H,4-5H2,1-3H3;/q-1;. The van der Waals surface area contributed by atoms with Crippen LogP contribution in [0.15, 0.2) is 29.1 Å². The smallest absolute Gasteiger partial charge is 0.212 e. The van der Waals surface area contributed by atoms with Gasteiger partial charge in [-0.2, -0.15) is 23.7 Å². The number of pyridine rings is 1. The maximum absolute atomic E-state index is 12.1. The van der Waals surface area contributed by atoms with Gasteiger partial charge < -0.3 is 9.30 Å². The van der Waals surface area contributed by atoms with Crippen molar-refractivity contribution >= 4 is 11.6 Å². The molecule has 0 saturated carbocycles. The number of halogens is 1. The molecule has 0 amide bonds. The van der Waals surface area contributed by atoms with Gasteiger partial charge in [-0.05, 0) is 26.0 Å². The van der Waals surface area contributed by atoms with Crippen molar-refractivity contribution in [1.82, 2.24) is 4.57 Å². The Bertz CT molecular complexity index is 682. The molecule has 1 aromatic carbocycles. The van der Waals surface area contributed by atoms with Crippen LogP contribution in [0.2, 0.25) is 5.02 Å². The normalized spacial score (nSPS) is 10.1. The number of aromatic nitrogens is 1. The van der Waals surface area contributed by atoms with E-state index in [1.807, 2.05) is 39.0 Å². The molecule has 2 rings (SSSR count). The van der Waals surface area contributed by atoms with Gasteiger partial charge in [-0.25, -0.2) is 0 Å². The average Bonchev–Trinajstić information content (AvgIpc) is 2.43. The fraction of sp³-hybridized carbons (Fsp3) is 0.312. The van der Waals surface area contributed by atoms with Gasteiger partial charge in [0.1, 0.15) is 5.75 Å². The van der Waals surface area contributed by atoms with E-state index in [2.05, 4.69) is 6.07 Å². The third-order valence-corrected chi connectivity index (χ3v) is 3.41. The second-order valence-electron chi connectivity index (χ2n) is 4.44. The van der Waals surface area contributed by atoms with Gasteiger partial charge in [-0.15, -0.1) is 6.07 Å². The molecule has 5 heteroatoms. The van der Waals surface area contributed by atoms with Gasteiger partial charge >= 0.3 is 0 Å². The van der Waals surface area contributed by atoms with E-state index in [1.54, 1.807) is 4.57 Å². The average molecular weight is 380 g/mol. The maximum Gasteiger partial charge on any atom is 0.212 e. The molecule has 0 aliphatic carbocycles. The second kappa shape index (κ2) is 8.12. The molecule has 1 radical (unpaired) electrons. The predicted octanol–water partition coefficient (Wildman–Crippen LogP) is 3.69. The number of hydrogen-bond acceptors (Lipinski definition) is 2. The van der Waals surface area contributed by atoms with Crippen molar-refractivity contribution in [2.75, 3.05) is 6.61 Å². The van der Waals surface area contributed by atoms with Crippen LogP contribution in [0.25, 0.3) is 11.3 Å². The minimum Gasteiger partial charge on any atom is -0.494 e. The van der Waals surface area contributed by atoms with Crippen molar-refractivity contribution in [2.45, 2.75) is 27.3 Å². The third-order valence-electron chi connectivity index (χ3n) is 3.14. The molecule has 21 heavy (non-hydrogen) atoms. The number of hydrogen-bond donors (Lipinski definition) is 0. The van der Waals surface area contributed by atoms with Crippen molar-refractivity contribution in [3.8, 4) is 17.0 Å². The van der Waals surface area contributed by atoms with Crippen LogP contribution in [0.5, 0.6) is 5.75 Å². The first-order chi connectivity index (χ1) is 9.58. The zero-order valence-corrected chi connectivity index (χ0v) is 16.0. The molecule has 0 spiro atoms. The molecule has 3 nitrogen and oxygen atoms in total. The van der Waals surface area contributed by atoms with Crippen molar-refractivity contribution in [3.63, 3.8) is 0 Å². The Balaban J connectivity index is 0.00000220. The molecule has 0 saturated heterocycles. The summed E-state index contributed by atoms with van der Waals surface area (Å²) in [6.45, 7) is 7.04. The van der Waals surface area contributed by atoms with Crippen molar-refractivity contribution in [2.24, 2.45) is 0 Å². The monoisotopic (exact) mass is 379 g/mol. The van der Waals surface area contributed by atoms with E-state index in [4.69, 9.17) is 16.3 Å². The molecular weight excluding hydrogens is 363 g/mol. The summed E-state index contributed by atoms with van der Waals surface area (Å²) in [5.41, 5.74) is 2.57. The summed E-state index contributed by atoms with van der Waals surface area (Å²) in [5.74, 6) is 0.827. The van der Waals surface area contributed by atoms with Crippen LogP contribution in [0.4, 0.5) is 0 Å². The number of benzene rings is 1. The molecule has 1 heterocycles. The van der Waals surface area contributed by atoms with Crippen LogP contribution in [-0.2, 0) is 39.3 Å². The molecule has 0 atom stereocenters. The molecule has 1 aromatic heterocycles. The molecule has 109 valence electrons. The zero-order chi connectivity index (χ0) is 14.7. The van der Waals surface area contributed by atoms with Gasteiger partial charge in [0.05, 0.1) is 6.61 Å². The Hall–Kier alpha value is -0.636. The number of ether oxygens (including phenoxy) is 1. The molecule has 0 aliphatic rings. The Morgan fingerprint density at radius 2 is 2.05 bits per heavy atom. The summed E-state index contributed by atoms with van der Waals surface area (Å²) in [6.07, 6.45) is 0. The summed E-state index contributed by atoms with van der Waals surface area (Å²) in [6, 6.07) is 10.4. The quantitative estimate of drug-likeness (QED) is 0.759. The molecular formula is C16H17ClNO2Y-. The van der Waals surface area contributed by atoms with E-state index in [0.717, 1.165) is 22.6 Å². The second-order valence-corrected chi connectivity index (χ2v) is 4.85. The molecule has 2 aromatic rings. The molecule has 0 aliphatic heterocycles. The number of rotatable bonds is 4. The van der Waals surface area contributed by atoms with Gasteiger partial charge in [-0.1, -0.05) is 23.7 Å². The van der Waals surface area contributed by atoms with Gasteiger partial charge in [0.15, 0.2) is 0 Å². The summed E-state index contributed by atoms with van der Waals surface area (Å²) in [4.78, 5) is 12.1. The van der Waals surface area contributed by atoms with Crippen LogP contribution in [-0.4, -0.2) is 11.2 Å². The van der Waals surface area contributed by atoms with Crippen molar-refractivity contribution in [3.05, 3.63) is 51.3 Å². The van der Waals surface area contributed by atoms with Gasteiger partial charge in [0.2, 0.25) is 5.56 Å². The van der Waals surface area contributed by atoms with E-state index in [9.17, 15) is 4.79 Å². The summed E-state index contributed by atoms with van der Waals surface area (Å²) >= 11 is 5.87. The van der Waals surface area contributed by atoms with Crippen molar-refractivity contribution in [1.29, 1.82) is 0 Å². The first-order valence-electron chi connectivity index (χ1n) is 6.63. The SMILES string of the molecule is CCOc1ccc(-c2[c-]cc(Cl)c(=O)n2CC)c(C)c1.[Y]. The van der Waals surface area contributed by atoms with Crippen LogP contribution < -0.4 is 10.3 Å². The molecule has 0 bridgehead atoms. The summed E-state index contributed by atoms with van der Waals surface area (Å²) in [7, 11) is 0. The Morgan fingerprint density at radius 3 is 2.62 bits per heavy atom. The van der Waals surface area contributed by atoms with E-state index in [-0.39, 0.29) is 43.3 Å². The molecule has 0 N–H and O–H groups in total. The first kappa shape index (κ1) is 18.4. The van der Waals surface area contributed by atoms with Crippen LogP contribution in [0.1, 0.15) is 19.4 Å². The number of aryl methyl sites for hydroxylation is 1. The predicted molar refractivity (Wildman–Crippen MR) is 81.6 cm³/mol. The van der Waals surface area contributed by atoms with Gasteiger partial charge in [0.25, 0.3) is 0 Å². The Kier molecular flexibility index (Phi) is 7.12. The van der Waals surface area contributed by atoms with Crippen LogP contribution >= 0.6 is 11.6 Å². The van der Waals surface area contributed by atoms with Gasteiger partial charge in [0, 0.05) is 44.3 Å². The van der Waals surface area contributed by atoms with E-state index >= 15 is 0 Å². The summed E-state index contributed by atoms with van der Waals surface area (Å²) < 4.78 is 7.11. The number of nitrogens with zero attached hydrogens (tertiary/aromatic N) is 1. The van der Waals surface area contributed by atoms with Crippen LogP contribution in [0, 0.1) is 13.0 Å². The zero-order valence-electron chi connectivity index (χ0n) is 12.4. The van der Waals surface area contributed by atoms with E-state index in [1.165, 1.54) is 6.07 Å². The van der Waals surface area contributed by atoms with E-state index in [0.29, 0.717) is 13.2 Å². The van der Waals surface area contributed by atoms with Crippen molar-refractivity contribution < 1.29 is 37.4 Å². The fourth-order valence-electron chi connectivity index (χ4n) is 2.19. The Labute approximate surface area is 155 Å². The fourth-order valence-corrected chi connectivity index (χ4v) is 2.34.